The molecule has 0 spiro atoms. The number of rotatable bonds is 11. The monoisotopic (exact) mass is 383 g/mol. The number of hydrogen-bond donors (Lipinski definition) is 2. The van der Waals surface area contributed by atoms with Crippen LogP contribution >= 0.6 is 11.8 Å². The van der Waals surface area contributed by atoms with Crippen LogP contribution in [0.25, 0.3) is 0 Å². The first-order valence-electron chi connectivity index (χ1n) is 9.32. The maximum atomic E-state index is 13.6. The van der Waals surface area contributed by atoms with Crippen LogP contribution in [0.3, 0.4) is 0 Å². The quantitative estimate of drug-likeness (QED) is 0.350. The standard InChI is InChI=1S/C19H30FN3O2S/c1-2-21-19(22-9-5-11-25-17-8-12-24-14-17)23-10-13-26-15-16-6-3-4-7-18(16)20/h3-4,6-7,17H,2,5,8-15H2,1H3,(H2,21,22,23). The third-order valence-electron chi connectivity index (χ3n) is 3.91. The highest BCUT2D eigenvalue weighted by atomic mass is 32.2. The molecule has 0 aliphatic carbocycles. The molecule has 26 heavy (non-hydrogen) atoms. The van der Waals surface area contributed by atoms with Crippen LogP contribution in [0.2, 0.25) is 0 Å². The first-order valence-corrected chi connectivity index (χ1v) is 10.5. The lowest BCUT2D eigenvalue weighted by atomic mass is 10.2. The Hall–Kier alpha value is -1.31. The number of nitrogens with zero attached hydrogens (tertiary/aromatic N) is 1. The van der Waals surface area contributed by atoms with Crippen LogP contribution in [0.5, 0.6) is 0 Å². The minimum Gasteiger partial charge on any atom is -0.379 e. The summed E-state index contributed by atoms with van der Waals surface area (Å²) >= 11 is 1.71. The highest BCUT2D eigenvalue weighted by Crippen LogP contribution is 2.14. The van der Waals surface area contributed by atoms with E-state index in [2.05, 4.69) is 15.6 Å². The van der Waals surface area contributed by atoms with Crippen molar-refractivity contribution in [3.63, 3.8) is 0 Å². The molecule has 0 aromatic heterocycles. The summed E-state index contributed by atoms with van der Waals surface area (Å²) in [6.45, 7) is 6.64. The largest absolute Gasteiger partial charge is 0.379 e. The van der Waals surface area contributed by atoms with Crippen molar-refractivity contribution in [3.8, 4) is 0 Å². The molecule has 5 nitrogen and oxygen atoms in total. The van der Waals surface area contributed by atoms with Gasteiger partial charge >= 0.3 is 0 Å². The summed E-state index contributed by atoms with van der Waals surface area (Å²) in [6.07, 6.45) is 2.16. The van der Waals surface area contributed by atoms with E-state index in [0.29, 0.717) is 5.75 Å². The van der Waals surface area contributed by atoms with Gasteiger partial charge in [0.05, 0.1) is 12.7 Å². The van der Waals surface area contributed by atoms with E-state index in [1.54, 1.807) is 17.8 Å². The van der Waals surface area contributed by atoms with Crippen LogP contribution in [-0.4, -0.2) is 57.3 Å². The molecule has 0 saturated carbocycles. The maximum absolute atomic E-state index is 13.6. The van der Waals surface area contributed by atoms with Gasteiger partial charge in [-0.1, -0.05) is 18.2 Å². The zero-order valence-corrected chi connectivity index (χ0v) is 16.3. The van der Waals surface area contributed by atoms with Crippen molar-refractivity contribution in [1.82, 2.24) is 10.6 Å². The molecule has 1 fully saturated rings. The number of nitrogens with one attached hydrogen (secondary N) is 2. The second-order valence-corrected chi connectivity index (χ2v) is 7.15. The topological polar surface area (TPSA) is 54.9 Å². The van der Waals surface area contributed by atoms with E-state index in [0.717, 1.165) is 69.6 Å². The molecule has 146 valence electrons. The van der Waals surface area contributed by atoms with Gasteiger partial charge in [-0.25, -0.2) is 4.39 Å². The molecule has 2 N–H and O–H groups in total. The predicted molar refractivity (Wildman–Crippen MR) is 106 cm³/mol. The van der Waals surface area contributed by atoms with Gasteiger partial charge in [-0.15, -0.1) is 0 Å². The summed E-state index contributed by atoms with van der Waals surface area (Å²) < 4.78 is 24.6. The molecular weight excluding hydrogens is 353 g/mol. The lowest BCUT2D eigenvalue weighted by molar-refractivity contribution is 0.0424. The van der Waals surface area contributed by atoms with Crippen molar-refractivity contribution in [2.45, 2.75) is 31.6 Å². The van der Waals surface area contributed by atoms with Gasteiger partial charge in [-0.05, 0) is 31.4 Å². The lowest BCUT2D eigenvalue weighted by Gasteiger charge is -2.12. The van der Waals surface area contributed by atoms with E-state index in [9.17, 15) is 4.39 Å². The SMILES string of the molecule is CCNC(=NCCCOC1CCOC1)NCCSCc1ccccc1F. The second-order valence-electron chi connectivity index (χ2n) is 6.04. The van der Waals surface area contributed by atoms with E-state index in [1.807, 2.05) is 19.1 Å². The molecule has 1 aromatic carbocycles. The molecule has 7 heteroatoms. The predicted octanol–water partition coefficient (Wildman–Crippen LogP) is 2.81. The minimum absolute atomic E-state index is 0.130. The molecule has 0 radical (unpaired) electrons. The molecule has 1 unspecified atom stereocenters. The van der Waals surface area contributed by atoms with Crippen molar-refractivity contribution >= 4 is 17.7 Å². The summed E-state index contributed by atoms with van der Waals surface area (Å²) in [7, 11) is 0. The van der Waals surface area contributed by atoms with Gasteiger partial charge in [0.15, 0.2) is 5.96 Å². The van der Waals surface area contributed by atoms with Crippen molar-refractivity contribution in [1.29, 1.82) is 0 Å². The number of ether oxygens (including phenoxy) is 2. The zero-order valence-electron chi connectivity index (χ0n) is 15.5. The van der Waals surface area contributed by atoms with E-state index < -0.39 is 0 Å². The second kappa shape index (κ2) is 12.9. The molecule has 1 aliphatic heterocycles. The molecule has 1 heterocycles. The van der Waals surface area contributed by atoms with E-state index in [-0.39, 0.29) is 11.9 Å². The van der Waals surface area contributed by atoms with Crippen LogP contribution in [0.4, 0.5) is 4.39 Å². The number of aliphatic imine (C=N–C) groups is 1. The number of guanidine groups is 1. The third kappa shape index (κ3) is 8.38. The van der Waals surface area contributed by atoms with Gasteiger partial charge < -0.3 is 20.1 Å². The van der Waals surface area contributed by atoms with Crippen molar-refractivity contribution < 1.29 is 13.9 Å². The Morgan fingerprint density at radius 3 is 3.04 bits per heavy atom. The van der Waals surface area contributed by atoms with Crippen LogP contribution in [0.15, 0.2) is 29.3 Å². The fourth-order valence-electron chi connectivity index (χ4n) is 2.53. The van der Waals surface area contributed by atoms with Crippen LogP contribution in [0.1, 0.15) is 25.3 Å². The van der Waals surface area contributed by atoms with Crippen molar-refractivity contribution in [2.75, 3.05) is 45.2 Å². The molecule has 1 atom stereocenters. The zero-order chi connectivity index (χ0) is 18.5. The lowest BCUT2D eigenvalue weighted by Crippen LogP contribution is -2.38. The Morgan fingerprint density at radius 1 is 1.38 bits per heavy atom. The van der Waals surface area contributed by atoms with E-state index >= 15 is 0 Å². The van der Waals surface area contributed by atoms with Crippen molar-refractivity contribution in [3.05, 3.63) is 35.6 Å². The van der Waals surface area contributed by atoms with Crippen molar-refractivity contribution in [2.24, 2.45) is 4.99 Å². The number of halogens is 1. The average Bonchev–Trinajstić information content (AvgIpc) is 3.16. The van der Waals surface area contributed by atoms with Gasteiger partial charge in [-0.2, -0.15) is 11.8 Å². The molecule has 1 aromatic rings. The van der Waals surface area contributed by atoms with E-state index in [4.69, 9.17) is 9.47 Å². The van der Waals surface area contributed by atoms with Gasteiger partial charge in [0, 0.05) is 44.4 Å². The molecule has 1 saturated heterocycles. The third-order valence-corrected chi connectivity index (χ3v) is 4.92. The minimum atomic E-state index is -0.130. The highest BCUT2D eigenvalue weighted by Gasteiger charge is 2.15. The fraction of sp³-hybridized carbons (Fsp3) is 0.632. The normalized spacial score (nSPS) is 17.5. The van der Waals surface area contributed by atoms with Crippen LogP contribution in [-0.2, 0) is 15.2 Å². The number of benzene rings is 1. The summed E-state index contributed by atoms with van der Waals surface area (Å²) in [5.74, 6) is 2.27. The summed E-state index contributed by atoms with van der Waals surface area (Å²) in [6, 6.07) is 6.93. The fourth-order valence-corrected chi connectivity index (χ4v) is 3.38. The Balaban J connectivity index is 1.56. The molecule has 1 aliphatic rings. The summed E-state index contributed by atoms with van der Waals surface area (Å²) in [5.41, 5.74) is 0.755. The molecule has 0 amide bonds. The summed E-state index contributed by atoms with van der Waals surface area (Å²) in [4.78, 5) is 4.56. The molecule has 0 bridgehead atoms. The smallest absolute Gasteiger partial charge is 0.191 e. The van der Waals surface area contributed by atoms with Gasteiger partial charge in [0.25, 0.3) is 0 Å². The summed E-state index contributed by atoms with van der Waals surface area (Å²) in [5, 5.41) is 6.56. The van der Waals surface area contributed by atoms with Gasteiger partial charge in [0.1, 0.15) is 5.82 Å². The van der Waals surface area contributed by atoms with E-state index in [1.165, 1.54) is 6.07 Å². The number of thioether (sulfide) groups is 1. The first kappa shape index (κ1) is 21.0. The Kier molecular flexibility index (Phi) is 10.5. The Bertz CT molecular complexity index is 539. The maximum Gasteiger partial charge on any atom is 0.191 e. The Morgan fingerprint density at radius 2 is 2.27 bits per heavy atom. The molecular formula is C19H30FN3O2S. The van der Waals surface area contributed by atoms with Gasteiger partial charge in [-0.3, -0.25) is 4.99 Å². The van der Waals surface area contributed by atoms with Gasteiger partial charge in [0.2, 0.25) is 0 Å². The number of hydrogen-bond acceptors (Lipinski definition) is 4. The first-order chi connectivity index (χ1) is 12.8. The average molecular weight is 384 g/mol. The molecule has 2 rings (SSSR count). The van der Waals surface area contributed by atoms with Crippen LogP contribution in [0, 0.1) is 5.82 Å². The Labute approximate surface area is 160 Å². The van der Waals surface area contributed by atoms with Crippen LogP contribution < -0.4 is 10.6 Å². The highest BCUT2D eigenvalue weighted by molar-refractivity contribution is 7.98.